The zero-order valence-corrected chi connectivity index (χ0v) is 13.4. The Morgan fingerprint density at radius 1 is 0.952 bits per heavy atom. The molecule has 0 heterocycles. The molecule has 1 aromatic carbocycles. The molecule has 3 nitrogen and oxygen atoms in total. The molecule has 0 bridgehead atoms. The summed E-state index contributed by atoms with van der Waals surface area (Å²) in [5, 5.41) is 14.6. The molecule has 21 heavy (non-hydrogen) atoms. The summed E-state index contributed by atoms with van der Waals surface area (Å²) in [6.07, 6.45) is 10.1. The van der Waals surface area contributed by atoms with Gasteiger partial charge in [-0.2, -0.15) is 0 Å². The first-order valence-electron chi connectivity index (χ1n) is 8.43. The van der Waals surface area contributed by atoms with Crippen LogP contribution in [0.25, 0.3) is 0 Å². The molecule has 1 N–H and O–H groups in total. The molecule has 0 fully saturated rings. The number of hydrogen-bond donors (Lipinski definition) is 1. The first kappa shape index (κ1) is 17.8. The minimum absolute atomic E-state index is 0.0116. The molecular weight excluding hydrogens is 262 g/mol. The van der Waals surface area contributed by atoms with Gasteiger partial charge >= 0.3 is 0 Å². The van der Waals surface area contributed by atoms with E-state index in [0.717, 1.165) is 19.5 Å². The summed E-state index contributed by atoms with van der Waals surface area (Å²) in [5.41, 5.74) is 0. The van der Waals surface area contributed by atoms with Crippen molar-refractivity contribution < 1.29 is 9.84 Å². The van der Waals surface area contributed by atoms with Gasteiger partial charge in [0.05, 0.1) is 6.61 Å². The topological polar surface area (TPSA) is 41.2 Å². The molecule has 0 aliphatic heterocycles. The van der Waals surface area contributed by atoms with E-state index < -0.39 is 0 Å². The van der Waals surface area contributed by atoms with Crippen LogP contribution in [-0.2, 0) is 5.11 Å². The highest BCUT2D eigenvalue weighted by Crippen LogP contribution is 2.18. The minimum atomic E-state index is 0.0116. The number of ether oxygens (including phenoxy) is 1. The van der Waals surface area contributed by atoms with Gasteiger partial charge in [-0.05, 0) is 44.5 Å². The van der Waals surface area contributed by atoms with Crippen molar-refractivity contribution in [3.05, 3.63) is 24.3 Å². The van der Waals surface area contributed by atoms with Crippen molar-refractivity contribution >= 4 is 0 Å². The average molecular weight is 292 g/mol. The van der Waals surface area contributed by atoms with E-state index in [9.17, 15) is 5.11 Å². The molecule has 0 aromatic heterocycles. The van der Waals surface area contributed by atoms with Crippen molar-refractivity contribution in [1.29, 1.82) is 0 Å². The van der Waals surface area contributed by atoms with Gasteiger partial charge < -0.3 is 10.1 Å². The summed E-state index contributed by atoms with van der Waals surface area (Å²) in [6, 6.07) is 6.66. The van der Waals surface area contributed by atoms with Gasteiger partial charge in [0.1, 0.15) is 5.75 Å². The maximum atomic E-state index is 11.1. The van der Waals surface area contributed by atoms with Gasteiger partial charge in [-0.15, -0.1) is 0 Å². The summed E-state index contributed by atoms with van der Waals surface area (Å²) in [5.74, 6) is 0.703. The van der Waals surface area contributed by atoms with Crippen LogP contribution < -0.4 is 10.1 Å². The molecule has 119 valence electrons. The van der Waals surface area contributed by atoms with E-state index in [-0.39, 0.29) is 5.75 Å². The molecule has 0 atom stereocenters. The van der Waals surface area contributed by atoms with Gasteiger partial charge in [0.25, 0.3) is 0 Å². The molecule has 1 radical (unpaired) electrons. The Kier molecular flexibility index (Phi) is 10.6. The van der Waals surface area contributed by atoms with E-state index in [4.69, 9.17) is 4.74 Å². The summed E-state index contributed by atoms with van der Waals surface area (Å²) in [4.78, 5) is 0. The predicted molar refractivity (Wildman–Crippen MR) is 87.5 cm³/mol. The SMILES string of the molecule is CCCCCCNCCCCCCOc1cccc([O])c1. The highest BCUT2D eigenvalue weighted by molar-refractivity contribution is 5.31. The highest BCUT2D eigenvalue weighted by atomic mass is 16.5. The van der Waals surface area contributed by atoms with E-state index in [1.807, 2.05) is 6.07 Å². The molecule has 1 aromatic rings. The fourth-order valence-electron chi connectivity index (χ4n) is 2.26. The van der Waals surface area contributed by atoms with Crippen LogP contribution in [-0.4, -0.2) is 19.7 Å². The second-order valence-electron chi connectivity index (χ2n) is 5.55. The number of benzene rings is 1. The highest BCUT2D eigenvalue weighted by Gasteiger charge is 1.97. The van der Waals surface area contributed by atoms with Crippen molar-refractivity contribution in [3.63, 3.8) is 0 Å². The Morgan fingerprint density at radius 3 is 2.38 bits per heavy atom. The van der Waals surface area contributed by atoms with E-state index in [0.29, 0.717) is 12.4 Å². The van der Waals surface area contributed by atoms with E-state index in [1.54, 1.807) is 18.2 Å². The quantitative estimate of drug-likeness (QED) is 0.523. The smallest absolute Gasteiger partial charge is 0.182 e. The van der Waals surface area contributed by atoms with Crippen LogP contribution in [0.4, 0.5) is 0 Å². The lowest BCUT2D eigenvalue weighted by Gasteiger charge is -2.06. The predicted octanol–water partition coefficient (Wildman–Crippen LogP) is 4.94. The Morgan fingerprint density at radius 2 is 1.67 bits per heavy atom. The van der Waals surface area contributed by atoms with Gasteiger partial charge in [-0.25, -0.2) is 0 Å². The van der Waals surface area contributed by atoms with Crippen LogP contribution in [0.2, 0.25) is 0 Å². The average Bonchev–Trinajstić information content (AvgIpc) is 2.48. The summed E-state index contributed by atoms with van der Waals surface area (Å²) >= 11 is 0. The lowest BCUT2D eigenvalue weighted by Crippen LogP contribution is -2.16. The Labute approximate surface area is 129 Å². The third kappa shape index (κ3) is 10.2. The molecule has 0 saturated carbocycles. The first-order valence-corrected chi connectivity index (χ1v) is 8.43. The molecule has 0 unspecified atom stereocenters. The summed E-state index contributed by atoms with van der Waals surface area (Å²) in [7, 11) is 0. The third-order valence-corrected chi connectivity index (χ3v) is 3.53. The second-order valence-corrected chi connectivity index (χ2v) is 5.55. The largest absolute Gasteiger partial charge is 0.493 e. The fourth-order valence-corrected chi connectivity index (χ4v) is 2.26. The third-order valence-electron chi connectivity index (χ3n) is 3.53. The van der Waals surface area contributed by atoms with Crippen molar-refractivity contribution in [3.8, 4) is 11.5 Å². The van der Waals surface area contributed by atoms with Crippen LogP contribution in [0.1, 0.15) is 58.3 Å². The fraction of sp³-hybridized carbons (Fsp3) is 0.667. The summed E-state index contributed by atoms with van der Waals surface area (Å²) in [6.45, 7) is 5.24. The standard InChI is InChI=1S/C18H30NO2/c1-2-3-4-7-13-19-14-8-5-6-9-15-21-18-12-10-11-17(20)16-18/h10-12,16,19H,2-9,13-15H2,1H3. The van der Waals surface area contributed by atoms with Crippen molar-refractivity contribution in [1.82, 2.24) is 5.32 Å². The van der Waals surface area contributed by atoms with Gasteiger partial charge in [0.2, 0.25) is 0 Å². The van der Waals surface area contributed by atoms with Crippen LogP contribution >= 0.6 is 0 Å². The van der Waals surface area contributed by atoms with Crippen LogP contribution in [0, 0.1) is 0 Å². The maximum absolute atomic E-state index is 11.1. The van der Waals surface area contributed by atoms with E-state index in [1.165, 1.54) is 44.9 Å². The number of hydrogen-bond acceptors (Lipinski definition) is 2. The number of unbranched alkanes of at least 4 members (excludes halogenated alkanes) is 6. The maximum Gasteiger partial charge on any atom is 0.182 e. The zero-order valence-electron chi connectivity index (χ0n) is 13.4. The van der Waals surface area contributed by atoms with Crippen molar-refractivity contribution in [2.24, 2.45) is 0 Å². The van der Waals surface area contributed by atoms with Crippen LogP contribution in [0.15, 0.2) is 24.3 Å². The van der Waals surface area contributed by atoms with Gasteiger partial charge in [0, 0.05) is 6.07 Å². The van der Waals surface area contributed by atoms with Gasteiger partial charge in [-0.1, -0.05) is 45.1 Å². The lowest BCUT2D eigenvalue weighted by molar-refractivity contribution is 0.299. The van der Waals surface area contributed by atoms with Crippen LogP contribution in [0.5, 0.6) is 11.5 Å². The van der Waals surface area contributed by atoms with Gasteiger partial charge in [0.15, 0.2) is 5.75 Å². The molecular formula is C18H30NO2. The van der Waals surface area contributed by atoms with Gasteiger partial charge in [-0.3, -0.25) is 5.11 Å². The van der Waals surface area contributed by atoms with Crippen LogP contribution in [0.3, 0.4) is 0 Å². The summed E-state index contributed by atoms with van der Waals surface area (Å²) < 4.78 is 5.55. The van der Waals surface area contributed by atoms with E-state index in [2.05, 4.69) is 12.2 Å². The normalized spacial score (nSPS) is 10.7. The number of nitrogens with one attached hydrogen (secondary N) is 1. The molecule has 3 heteroatoms. The zero-order chi connectivity index (χ0) is 15.2. The molecule has 0 saturated heterocycles. The van der Waals surface area contributed by atoms with Crippen molar-refractivity contribution in [2.75, 3.05) is 19.7 Å². The molecule has 1 rings (SSSR count). The minimum Gasteiger partial charge on any atom is -0.493 e. The molecule has 0 amide bonds. The Bertz CT molecular complexity index is 355. The first-order chi connectivity index (χ1) is 10.3. The Balaban J connectivity index is 1.82. The molecule has 0 aliphatic carbocycles. The Hall–Kier alpha value is -1.22. The molecule has 0 aliphatic rings. The second kappa shape index (κ2) is 12.5. The molecule has 0 spiro atoms. The monoisotopic (exact) mass is 292 g/mol. The number of rotatable bonds is 13. The lowest BCUT2D eigenvalue weighted by atomic mass is 10.2. The van der Waals surface area contributed by atoms with E-state index >= 15 is 0 Å². The van der Waals surface area contributed by atoms with Crippen molar-refractivity contribution in [2.45, 2.75) is 58.3 Å².